The summed E-state index contributed by atoms with van der Waals surface area (Å²) in [6, 6.07) is 0. The topological polar surface area (TPSA) is 18.5 Å². The van der Waals surface area contributed by atoms with Crippen LogP contribution < -0.4 is 0 Å². The van der Waals surface area contributed by atoms with E-state index in [1.165, 1.54) is 5.75 Å². The summed E-state index contributed by atoms with van der Waals surface area (Å²) in [6.45, 7) is 6.64. The molecular formula is C11H24O2S3. The van der Waals surface area contributed by atoms with Gasteiger partial charge in [-0.3, -0.25) is 0 Å². The predicted octanol–water partition coefficient (Wildman–Crippen LogP) is 2.82. The summed E-state index contributed by atoms with van der Waals surface area (Å²) in [6.07, 6.45) is 0. The zero-order valence-electron chi connectivity index (χ0n) is 10.5. The first-order valence-corrected chi connectivity index (χ1v) is 8.33. The van der Waals surface area contributed by atoms with Crippen molar-refractivity contribution in [3.8, 4) is 0 Å². The molecule has 0 saturated carbocycles. The zero-order chi connectivity index (χ0) is 12.2. The summed E-state index contributed by atoms with van der Waals surface area (Å²) in [5.74, 6) is 3.40. The highest BCUT2D eigenvalue weighted by atomic mass is 32.2. The van der Waals surface area contributed by atoms with E-state index in [1.54, 1.807) is 7.11 Å². The van der Waals surface area contributed by atoms with Crippen LogP contribution in [0.25, 0.3) is 0 Å². The van der Waals surface area contributed by atoms with Crippen LogP contribution in [0.15, 0.2) is 0 Å². The van der Waals surface area contributed by atoms with Crippen molar-refractivity contribution in [1.29, 1.82) is 0 Å². The van der Waals surface area contributed by atoms with Crippen LogP contribution >= 0.6 is 36.2 Å². The van der Waals surface area contributed by atoms with E-state index in [-0.39, 0.29) is 0 Å². The highest BCUT2D eigenvalue weighted by molar-refractivity contribution is 8.03. The van der Waals surface area contributed by atoms with E-state index in [4.69, 9.17) is 9.47 Å². The number of thiol groups is 1. The maximum Gasteiger partial charge on any atom is 0.0700 e. The smallest absolute Gasteiger partial charge is 0.0700 e. The minimum absolute atomic E-state index is 0.495. The maximum atomic E-state index is 5.39. The average molecular weight is 285 g/mol. The van der Waals surface area contributed by atoms with Crippen molar-refractivity contribution in [2.45, 2.75) is 24.3 Å². The van der Waals surface area contributed by atoms with E-state index in [2.05, 4.69) is 26.5 Å². The molecule has 5 heteroatoms. The quantitative estimate of drug-likeness (QED) is 0.464. The monoisotopic (exact) mass is 284 g/mol. The Morgan fingerprint density at radius 1 is 1.12 bits per heavy atom. The summed E-state index contributed by atoms with van der Waals surface area (Å²) < 4.78 is 10.3. The molecule has 0 aliphatic carbocycles. The molecule has 0 saturated heterocycles. The fourth-order valence-corrected chi connectivity index (χ4v) is 3.24. The number of ether oxygens (including phenoxy) is 2. The van der Waals surface area contributed by atoms with Crippen molar-refractivity contribution >= 4 is 36.2 Å². The molecule has 2 atom stereocenters. The Labute approximate surface area is 114 Å². The van der Waals surface area contributed by atoms with Crippen molar-refractivity contribution in [3.63, 3.8) is 0 Å². The Hall–Kier alpha value is 0.970. The Bertz CT molecular complexity index is 145. The summed E-state index contributed by atoms with van der Waals surface area (Å²) in [4.78, 5) is 0. The van der Waals surface area contributed by atoms with Gasteiger partial charge in [-0.2, -0.15) is 36.2 Å². The van der Waals surface area contributed by atoms with Crippen LogP contribution in [-0.4, -0.2) is 54.7 Å². The van der Waals surface area contributed by atoms with Gasteiger partial charge in [0, 0.05) is 34.9 Å². The van der Waals surface area contributed by atoms with Gasteiger partial charge in [0.1, 0.15) is 0 Å². The molecule has 0 bridgehead atoms. The molecular weight excluding hydrogens is 260 g/mol. The Kier molecular flexibility index (Phi) is 13.2. The number of methoxy groups -OCH3 is 1. The van der Waals surface area contributed by atoms with Gasteiger partial charge < -0.3 is 9.47 Å². The van der Waals surface area contributed by atoms with Crippen LogP contribution in [0.3, 0.4) is 0 Å². The van der Waals surface area contributed by atoms with E-state index in [0.29, 0.717) is 23.7 Å². The molecule has 0 spiro atoms. The fourth-order valence-electron chi connectivity index (χ4n) is 0.963. The van der Waals surface area contributed by atoms with Gasteiger partial charge in [0.05, 0.1) is 19.8 Å². The zero-order valence-corrected chi connectivity index (χ0v) is 13.0. The fraction of sp³-hybridized carbons (Fsp3) is 1.00. The Morgan fingerprint density at radius 3 is 2.50 bits per heavy atom. The van der Waals surface area contributed by atoms with Crippen molar-refractivity contribution in [3.05, 3.63) is 0 Å². The third-order valence-electron chi connectivity index (χ3n) is 1.78. The van der Waals surface area contributed by atoms with Gasteiger partial charge in [0.15, 0.2) is 0 Å². The highest BCUT2D eigenvalue weighted by Gasteiger charge is 2.04. The molecule has 0 radical (unpaired) electrons. The molecule has 0 heterocycles. The third kappa shape index (κ3) is 13.0. The van der Waals surface area contributed by atoms with Crippen LogP contribution in [0.1, 0.15) is 13.8 Å². The molecule has 0 N–H and O–H groups in total. The Morgan fingerprint density at radius 2 is 1.88 bits per heavy atom. The van der Waals surface area contributed by atoms with Crippen LogP contribution in [0.4, 0.5) is 0 Å². The van der Waals surface area contributed by atoms with Crippen LogP contribution in [0.2, 0.25) is 0 Å². The third-order valence-corrected chi connectivity index (χ3v) is 5.04. The second-order valence-corrected chi connectivity index (χ2v) is 7.18. The lowest BCUT2D eigenvalue weighted by atomic mass is 10.5. The van der Waals surface area contributed by atoms with Crippen molar-refractivity contribution in [1.82, 2.24) is 0 Å². The highest BCUT2D eigenvalue weighted by Crippen LogP contribution is 2.18. The number of hydrogen-bond acceptors (Lipinski definition) is 5. The second kappa shape index (κ2) is 12.4. The van der Waals surface area contributed by atoms with E-state index >= 15 is 0 Å². The molecule has 98 valence electrons. The summed E-state index contributed by atoms with van der Waals surface area (Å²) in [5, 5.41) is 1.20. The van der Waals surface area contributed by atoms with E-state index in [1.807, 2.05) is 23.5 Å². The standard InChI is InChI=1S/C11H24O2S3/c1-10(14)8-16-11(2)9-15-7-6-13-5-4-12-3/h10-11,14H,4-9H2,1-3H3. The van der Waals surface area contributed by atoms with Gasteiger partial charge in [0.25, 0.3) is 0 Å². The van der Waals surface area contributed by atoms with E-state index in [0.717, 1.165) is 18.1 Å². The predicted molar refractivity (Wildman–Crippen MR) is 80.4 cm³/mol. The lowest BCUT2D eigenvalue weighted by Gasteiger charge is -2.12. The number of rotatable bonds is 11. The molecule has 2 nitrogen and oxygen atoms in total. The summed E-state index contributed by atoms with van der Waals surface area (Å²) in [7, 11) is 1.69. The van der Waals surface area contributed by atoms with Gasteiger partial charge in [-0.05, 0) is 0 Å². The normalized spacial score (nSPS) is 15.0. The van der Waals surface area contributed by atoms with E-state index < -0.39 is 0 Å². The summed E-state index contributed by atoms with van der Waals surface area (Å²) in [5.41, 5.74) is 0. The molecule has 0 aliphatic rings. The molecule has 16 heavy (non-hydrogen) atoms. The molecule has 2 unspecified atom stereocenters. The van der Waals surface area contributed by atoms with Crippen molar-refractivity contribution in [2.24, 2.45) is 0 Å². The van der Waals surface area contributed by atoms with Crippen LogP contribution in [0, 0.1) is 0 Å². The molecule has 0 aromatic rings. The van der Waals surface area contributed by atoms with Gasteiger partial charge in [-0.25, -0.2) is 0 Å². The average Bonchev–Trinajstić information content (AvgIpc) is 2.25. The molecule has 0 aliphatic heterocycles. The largest absolute Gasteiger partial charge is 0.382 e. The Balaban J connectivity index is 3.12. The van der Waals surface area contributed by atoms with Crippen LogP contribution in [0.5, 0.6) is 0 Å². The first kappa shape index (κ1) is 17.0. The molecule has 0 aromatic heterocycles. The van der Waals surface area contributed by atoms with Gasteiger partial charge >= 0.3 is 0 Å². The number of hydrogen-bond donors (Lipinski definition) is 1. The first-order chi connectivity index (χ1) is 7.66. The van der Waals surface area contributed by atoms with Gasteiger partial charge in [-0.1, -0.05) is 13.8 Å². The molecule has 0 fully saturated rings. The molecule has 0 rings (SSSR count). The van der Waals surface area contributed by atoms with Crippen molar-refractivity contribution in [2.75, 3.05) is 44.2 Å². The lowest BCUT2D eigenvalue weighted by molar-refractivity contribution is 0.0790. The SMILES string of the molecule is COCCOCCSCC(C)SCC(C)S. The maximum absolute atomic E-state index is 5.39. The minimum atomic E-state index is 0.495. The lowest BCUT2D eigenvalue weighted by Crippen LogP contribution is -2.08. The van der Waals surface area contributed by atoms with E-state index in [9.17, 15) is 0 Å². The molecule has 0 amide bonds. The molecule has 0 aromatic carbocycles. The van der Waals surface area contributed by atoms with Crippen molar-refractivity contribution < 1.29 is 9.47 Å². The first-order valence-electron chi connectivity index (χ1n) is 5.61. The van der Waals surface area contributed by atoms with Gasteiger partial charge in [0.2, 0.25) is 0 Å². The minimum Gasteiger partial charge on any atom is -0.382 e. The second-order valence-electron chi connectivity index (χ2n) is 3.67. The summed E-state index contributed by atoms with van der Waals surface area (Å²) >= 11 is 8.33. The van der Waals surface area contributed by atoms with Crippen LogP contribution in [-0.2, 0) is 9.47 Å². The number of thioether (sulfide) groups is 2. The van der Waals surface area contributed by atoms with Gasteiger partial charge in [-0.15, -0.1) is 0 Å².